The molecule has 1 saturated heterocycles. The van der Waals surface area contributed by atoms with Crippen LogP contribution in [0.3, 0.4) is 0 Å². The van der Waals surface area contributed by atoms with E-state index in [0.29, 0.717) is 13.0 Å². The van der Waals surface area contributed by atoms with Crippen molar-refractivity contribution in [3.8, 4) is 5.75 Å². The number of hydrogen-bond acceptors (Lipinski definition) is 4. The van der Waals surface area contributed by atoms with Crippen molar-refractivity contribution >= 4 is 37.2 Å². The number of benzene rings is 1. The van der Waals surface area contributed by atoms with E-state index >= 15 is 0 Å². The van der Waals surface area contributed by atoms with Crippen LogP contribution >= 0.6 is 22.3 Å². The van der Waals surface area contributed by atoms with Crippen LogP contribution in [0, 0.1) is 0 Å². The van der Waals surface area contributed by atoms with Crippen molar-refractivity contribution in [1.82, 2.24) is 4.90 Å². The number of nitrogens with zero attached hydrogens (tertiary/aromatic N) is 1. The van der Waals surface area contributed by atoms with Gasteiger partial charge >= 0.3 is 0 Å². The Bertz CT molecular complexity index is 617. The average molecular weight is 324 g/mol. The van der Waals surface area contributed by atoms with Crippen LogP contribution in [0.4, 0.5) is 0 Å². The van der Waals surface area contributed by atoms with Gasteiger partial charge in [-0.15, -0.1) is 0 Å². The molecule has 1 aromatic rings. The van der Waals surface area contributed by atoms with E-state index in [4.69, 9.17) is 27.0 Å². The molecule has 1 aliphatic heterocycles. The Kier molecular flexibility index (Phi) is 3.94. The molecule has 0 bridgehead atoms. The molecule has 1 unspecified atom stereocenters. The number of rotatable bonds is 3. The zero-order valence-electron chi connectivity index (χ0n) is 9.97. The molecule has 0 aromatic heterocycles. The molecule has 104 valence electrons. The Morgan fingerprint density at radius 1 is 1.42 bits per heavy atom. The predicted molar refractivity (Wildman–Crippen MR) is 71.2 cm³/mol. The molecule has 0 radical (unpaired) electrons. The van der Waals surface area contributed by atoms with E-state index in [1.54, 1.807) is 7.05 Å². The second-order valence-corrected chi connectivity index (χ2v) is 7.15. The molecule has 1 atom stereocenters. The molecular weight excluding hydrogens is 313 g/mol. The lowest BCUT2D eigenvalue weighted by atomic mass is 10.3. The first kappa shape index (κ1) is 14.4. The second kappa shape index (κ2) is 5.19. The molecule has 8 heteroatoms. The number of amides is 1. The molecule has 0 aliphatic carbocycles. The van der Waals surface area contributed by atoms with Gasteiger partial charge < -0.3 is 9.64 Å². The number of carbonyl (C=O) groups excluding carboxylic acids is 1. The Hall–Kier alpha value is -0.980. The minimum absolute atomic E-state index is 0.0352. The number of halogens is 2. The molecule has 1 aromatic carbocycles. The monoisotopic (exact) mass is 323 g/mol. The highest BCUT2D eigenvalue weighted by molar-refractivity contribution is 8.13. The van der Waals surface area contributed by atoms with Crippen molar-refractivity contribution in [3.63, 3.8) is 0 Å². The largest absolute Gasteiger partial charge is 0.479 e. The molecule has 0 N–H and O–H groups in total. The van der Waals surface area contributed by atoms with Crippen molar-refractivity contribution in [1.29, 1.82) is 0 Å². The lowest BCUT2D eigenvalue weighted by molar-refractivity contribution is -0.132. The topological polar surface area (TPSA) is 63.7 Å². The van der Waals surface area contributed by atoms with Gasteiger partial charge in [0.1, 0.15) is 10.6 Å². The summed E-state index contributed by atoms with van der Waals surface area (Å²) in [6.45, 7) is 0.569. The Labute approximate surface area is 120 Å². The molecule has 1 heterocycles. The van der Waals surface area contributed by atoms with Crippen LogP contribution in [0.2, 0.25) is 5.02 Å². The van der Waals surface area contributed by atoms with Gasteiger partial charge in [-0.2, -0.15) is 0 Å². The predicted octanol–water partition coefficient (Wildman–Crippen LogP) is 1.88. The van der Waals surface area contributed by atoms with E-state index in [1.165, 1.54) is 23.1 Å². The highest BCUT2D eigenvalue weighted by Crippen LogP contribution is 2.31. The van der Waals surface area contributed by atoms with Crippen LogP contribution in [-0.4, -0.2) is 38.9 Å². The van der Waals surface area contributed by atoms with E-state index in [-0.39, 0.29) is 21.6 Å². The zero-order chi connectivity index (χ0) is 14.2. The molecule has 2 rings (SSSR count). The summed E-state index contributed by atoms with van der Waals surface area (Å²) in [7, 11) is 2.99. The summed E-state index contributed by atoms with van der Waals surface area (Å²) in [4.78, 5) is 13.0. The van der Waals surface area contributed by atoms with Crippen LogP contribution in [0.1, 0.15) is 6.42 Å². The van der Waals surface area contributed by atoms with Gasteiger partial charge in [-0.1, -0.05) is 11.6 Å². The molecule has 19 heavy (non-hydrogen) atoms. The molecule has 0 spiro atoms. The summed E-state index contributed by atoms with van der Waals surface area (Å²) in [5.74, 6) is -0.152. The minimum Gasteiger partial charge on any atom is -0.479 e. The Morgan fingerprint density at radius 2 is 2.11 bits per heavy atom. The quantitative estimate of drug-likeness (QED) is 0.797. The van der Waals surface area contributed by atoms with Gasteiger partial charge in [-0.05, 0) is 18.2 Å². The van der Waals surface area contributed by atoms with Gasteiger partial charge in [0.05, 0.1) is 0 Å². The average Bonchev–Trinajstić information content (AvgIpc) is 2.62. The zero-order valence-corrected chi connectivity index (χ0v) is 12.3. The van der Waals surface area contributed by atoms with Crippen LogP contribution in [0.5, 0.6) is 5.75 Å². The van der Waals surface area contributed by atoms with Crippen molar-refractivity contribution < 1.29 is 17.9 Å². The first-order valence-electron chi connectivity index (χ1n) is 5.45. The number of ether oxygens (including phenoxy) is 1. The van der Waals surface area contributed by atoms with Crippen molar-refractivity contribution in [2.75, 3.05) is 13.6 Å². The molecule has 1 fully saturated rings. The maximum Gasteiger partial charge on any atom is 0.265 e. The van der Waals surface area contributed by atoms with Crippen molar-refractivity contribution in [2.45, 2.75) is 17.4 Å². The van der Waals surface area contributed by atoms with Crippen LogP contribution in [-0.2, 0) is 13.8 Å². The summed E-state index contributed by atoms with van der Waals surface area (Å²) in [6, 6.07) is 4.07. The fourth-order valence-corrected chi connectivity index (χ4v) is 3.05. The van der Waals surface area contributed by atoms with Gasteiger partial charge in [0.2, 0.25) is 0 Å². The fourth-order valence-electron chi connectivity index (χ4n) is 1.82. The van der Waals surface area contributed by atoms with Crippen molar-refractivity contribution in [2.24, 2.45) is 0 Å². The van der Waals surface area contributed by atoms with Gasteiger partial charge in [0.25, 0.3) is 15.0 Å². The van der Waals surface area contributed by atoms with Gasteiger partial charge in [-0.3, -0.25) is 4.79 Å². The summed E-state index contributed by atoms with van der Waals surface area (Å²) >= 11 is 5.74. The van der Waals surface area contributed by atoms with Crippen molar-refractivity contribution in [3.05, 3.63) is 23.2 Å². The maximum atomic E-state index is 11.7. The van der Waals surface area contributed by atoms with Gasteiger partial charge in [0.15, 0.2) is 6.10 Å². The summed E-state index contributed by atoms with van der Waals surface area (Å²) in [5.41, 5.74) is 0. The smallest absolute Gasteiger partial charge is 0.265 e. The number of hydrogen-bond donors (Lipinski definition) is 0. The molecule has 5 nitrogen and oxygen atoms in total. The van der Waals surface area contributed by atoms with Gasteiger partial charge in [-0.25, -0.2) is 8.42 Å². The maximum absolute atomic E-state index is 11.7. The third-order valence-corrected chi connectivity index (χ3v) is 4.39. The summed E-state index contributed by atoms with van der Waals surface area (Å²) in [6.07, 6.45) is -0.192. The van der Waals surface area contributed by atoms with Crippen LogP contribution < -0.4 is 4.74 Å². The molecule has 0 saturated carbocycles. The lowest BCUT2D eigenvalue weighted by Gasteiger charge is -2.15. The van der Waals surface area contributed by atoms with E-state index in [0.717, 1.165) is 0 Å². The Balaban J connectivity index is 2.33. The highest BCUT2D eigenvalue weighted by Gasteiger charge is 2.32. The van der Waals surface area contributed by atoms with Crippen LogP contribution in [0.25, 0.3) is 0 Å². The molecular formula is C11H11Cl2NO4S. The third kappa shape index (κ3) is 3.13. The third-order valence-electron chi connectivity index (χ3n) is 2.82. The summed E-state index contributed by atoms with van der Waals surface area (Å²) in [5, 5.41) is 0.224. The number of carbonyl (C=O) groups is 1. The first-order valence-corrected chi connectivity index (χ1v) is 8.13. The van der Waals surface area contributed by atoms with Gasteiger partial charge in [0, 0.05) is 35.7 Å². The minimum atomic E-state index is -3.99. The molecule has 1 amide bonds. The first-order chi connectivity index (χ1) is 8.79. The van der Waals surface area contributed by atoms with Crippen LogP contribution in [0.15, 0.2) is 23.1 Å². The van der Waals surface area contributed by atoms with E-state index in [9.17, 15) is 13.2 Å². The van der Waals surface area contributed by atoms with E-state index in [2.05, 4.69) is 0 Å². The number of likely N-dealkylation sites (tertiary alicyclic amines) is 1. The molecule has 1 aliphatic rings. The summed E-state index contributed by atoms with van der Waals surface area (Å²) < 4.78 is 28.4. The standard InChI is InChI=1S/C11H11Cl2NO4S/c1-14-5-4-9(11(14)15)18-8-3-2-7(12)6-10(8)19(13,16)17/h2-3,6,9H,4-5H2,1H3. The lowest BCUT2D eigenvalue weighted by Crippen LogP contribution is -2.29. The number of likely N-dealkylation sites (N-methyl/N-ethyl adjacent to an activating group) is 1. The van der Waals surface area contributed by atoms with E-state index < -0.39 is 15.2 Å². The van der Waals surface area contributed by atoms with E-state index in [1.807, 2.05) is 0 Å². The fraction of sp³-hybridized carbons (Fsp3) is 0.364. The normalized spacial score (nSPS) is 19.8. The SMILES string of the molecule is CN1CCC(Oc2ccc(Cl)cc2S(=O)(=O)Cl)C1=O. The highest BCUT2D eigenvalue weighted by atomic mass is 35.7. The Morgan fingerprint density at radius 3 is 2.63 bits per heavy atom. The second-order valence-electron chi connectivity index (χ2n) is 4.18.